The van der Waals surface area contributed by atoms with Gasteiger partial charge >= 0.3 is 0 Å². The van der Waals surface area contributed by atoms with Crippen molar-refractivity contribution >= 4 is 34.2 Å². The molecule has 0 radical (unpaired) electrons. The molecule has 2 aromatic rings. The molecule has 1 aromatic heterocycles. The van der Waals surface area contributed by atoms with Crippen LogP contribution in [0.1, 0.15) is 44.3 Å². The number of imidazole rings is 1. The SMILES string of the molecule is CCCCCn1c(C(C)Cl)nc2ccc(Cl)cc21. The molecule has 0 aliphatic carbocycles. The van der Waals surface area contributed by atoms with E-state index >= 15 is 0 Å². The zero-order valence-electron chi connectivity index (χ0n) is 10.8. The molecule has 1 unspecified atom stereocenters. The average Bonchev–Trinajstić information content (AvgIpc) is 2.68. The summed E-state index contributed by atoms with van der Waals surface area (Å²) in [6, 6.07) is 5.80. The molecule has 0 aliphatic rings. The molecule has 0 saturated carbocycles. The van der Waals surface area contributed by atoms with Crippen molar-refractivity contribution in [3.8, 4) is 0 Å². The molecule has 4 heteroatoms. The summed E-state index contributed by atoms with van der Waals surface area (Å²) in [5.41, 5.74) is 2.06. The summed E-state index contributed by atoms with van der Waals surface area (Å²) in [6.45, 7) is 5.12. The second-order valence-corrected chi connectivity index (χ2v) is 5.67. The molecule has 0 spiro atoms. The zero-order valence-corrected chi connectivity index (χ0v) is 12.3. The van der Waals surface area contributed by atoms with Gasteiger partial charge in [-0.15, -0.1) is 11.6 Å². The van der Waals surface area contributed by atoms with Gasteiger partial charge in [0.25, 0.3) is 0 Å². The van der Waals surface area contributed by atoms with Gasteiger partial charge in [0.05, 0.1) is 16.4 Å². The number of aromatic nitrogens is 2. The van der Waals surface area contributed by atoms with E-state index in [2.05, 4.69) is 16.5 Å². The standard InChI is InChI=1S/C14H18Cl2N2/c1-3-4-5-8-18-13-9-11(16)6-7-12(13)17-14(18)10(2)15/h6-7,9-10H,3-5,8H2,1-2H3. The summed E-state index contributed by atoms with van der Waals surface area (Å²) >= 11 is 12.3. The largest absolute Gasteiger partial charge is 0.327 e. The van der Waals surface area contributed by atoms with E-state index in [0.717, 1.165) is 34.8 Å². The van der Waals surface area contributed by atoms with Crippen molar-refractivity contribution in [2.24, 2.45) is 0 Å². The van der Waals surface area contributed by atoms with Gasteiger partial charge in [-0.2, -0.15) is 0 Å². The summed E-state index contributed by atoms with van der Waals surface area (Å²) < 4.78 is 2.20. The Morgan fingerprint density at radius 3 is 2.78 bits per heavy atom. The van der Waals surface area contributed by atoms with E-state index in [0.29, 0.717) is 0 Å². The molecule has 1 aromatic carbocycles. The van der Waals surface area contributed by atoms with Crippen LogP contribution >= 0.6 is 23.2 Å². The monoisotopic (exact) mass is 284 g/mol. The molecule has 18 heavy (non-hydrogen) atoms. The van der Waals surface area contributed by atoms with Crippen LogP contribution < -0.4 is 0 Å². The lowest BCUT2D eigenvalue weighted by atomic mass is 10.2. The Morgan fingerprint density at radius 2 is 2.11 bits per heavy atom. The number of unbranched alkanes of at least 4 members (excludes halogenated alkanes) is 2. The molecule has 98 valence electrons. The third kappa shape index (κ3) is 2.81. The van der Waals surface area contributed by atoms with Crippen LogP contribution in [0.15, 0.2) is 18.2 Å². The van der Waals surface area contributed by atoms with Crippen LogP contribution in [0, 0.1) is 0 Å². The van der Waals surface area contributed by atoms with Crippen LogP contribution in [0.5, 0.6) is 0 Å². The third-order valence-electron chi connectivity index (χ3n) is 3.08. The van der Waals surface area contributed by atoms with Crippen molar-refractivity contribution in [3.05, 3.63) is 29.0 Å². The molecule has 0 N–H and O–H groups in total. The van der Waals surface area contributed by atoms with Crippen molar-refractivity contribution in [2.45, 2.75) is 45.0 Å². The third-order valence-corrected chi connectivity index (χ3v) is 3.51. The maximum Gasteiger partial charge on any atom is 0.127 e. The fourth-order valence-corrected chi connectivity index (χ4v) is 2.51. The Labute approximate surface area is 118 Å². The van der Waals surface area contributed by atoms with Gasteiger partial charge in [-0.05, 0) is 31.5 Å². The number of aryl methyl sites for hydroxylation is 1. The van der Waals surface area contributed by atoms with Crippen molar-refractivity contribution in [3.63, 3.8) is 0 Å². The van der Waals surface area contributed by atoms with Gasteiger partial charge in [0.15, 0.2) is 0 Å². The number of alkyl halides is 1. The number of nitrogens with zero attached hydrogens (tertiary/aromatic N) is 2. The smallest absolute Gasteiger partial charge is 0.127 e. The molecule has 2 rings (SSSR count). The summed E-state index contributed by atoms with van der Waals surface area (Å²) in [5.74, 6) is 0.935. The van der Waals surface area contributed by atoms with Crippen molar-refractivity contribution in [1.82, 2.24) is 9.55 Å². The van der Waals surface area contributed by atoms with Crippen LogP contribution in [0.4, 0.5) is 0 Å². The Balaban J connectivity index is 2.43. The Bertz CT molecular complexity index is 532. The molecule has 1 atom stereocenters. The molecule has 1 heterocycles. The summed E-state index contributed by atoms with van der Waals surface area (Å²) in [7, 11) is 0. The molecule has 0 aliphatic heterocycles. The minimum absolute atomic E-state index is 0.0854. The predicted octanol–water partition coefficient (Wildman–Crippen LogP) is 5.18. The van der Waals surface area contributed by atoms with E-state index < -0.39 is 0 Å². The van der Waals surface area contributed by atoms with Crippen molar-refractivity contribution in [2.75, 3.05) is 0 Å². The molecule has 2 nitrogen and oxygen atoms in total. The first kappa shape index (κ1) is 13.7. The number of benzene rings is 1. The molecular formula is C14H18Cl2N2. The van der Waals surface area contributed by atoms with E-state index in [9.17, 15) is 0 Å². The molecule has 0 bridgehead atoms. The second kappa shape index (κ2) is 5.94. The van der Waals surface area contributed by atoms with E-state index in [1.54, 1.807) is 0 Å². The van der Waals surface area contributed by atoms with Gasteiger partial charge < -0.3 is 4.57 Å². The van der Waals surface area contributed by atoms with Crippen LogP contribution in [0.2, 0.25) is 5.02 Å². The minimum Gasteiger partial charge on any atom is -0.327 e. The Hall–Kier alpha value is -0.730. The van der Waals surface area contributed by atoms with E-state index in [1.807, 2.05) is 25.1 Å². The first-order chi connectivity index (χ1) is 8.63. The van der Waals surface area contributed by atoms with E-state index in [4.69, 9.17) is 23.2 Å². The highest BCUT2D eigenvalue weighted by Gasteiger charge is 2.14. The van der Waals surface area contributed by atoms with Crippen LogP contribution in [-0.2, 0) is 6.54 Å². The summed E-state index contributed by atoms with van der Waals surface area (Å²) in [6.07, 6.45) is 3.57. The van der Waals surface area contributed by atoms with Gasteiger partial charge in [-0.1, -0.05) is 31.4 Å². The lowest BCUT2D eigenvalue weighted by Gasteiger charge is -2.10. The molecule has 0 saturated heterocycles. The number of hydrogen-bond donors (Lipinski definition) is 0. The molecule has 0 amide bonds. The van der Waals surface area contributed by atoms with Gasteiger partial charge in [0.1, 0.15) is 5.82 Å². The highest BCUT2D eigenvalue weighted by Crippen LogP contribution is 2.27. The molecule has 0 fully saturated rings. The van der Waals surface area contributed by atoms with E-state index in [1.165, 1.54) is 12.8 Å². The maximum absolute atomic E-state index is 6.22. The first-order valence-electron chi connectivity index (χ1n) is 6.43. The van der Waals surface area contributed by atoms with E-state index in [-0.39, 0.29) is 5.38 Å². The summed E-state index contributed by atoms with van der Waals surface area (Å²) in [4.78, 5) is 4.60. The average molecular weight is 285 g/mol. The fraction of sp³-hybridized carbons (Fsp3) is 0.500. The van der Waals surface area contributed by atoms with Gasteiger partial charge in [0, 0.05) is 11.6 Å². The quantitative estimate of drug-likeness (QED) is 0.546. The highest BCUT2D eigenvalue weighted by molar-refractivity contribution is 6.31. The fourth-order valence-electron chi connectivity index (χ4n) is 2.17. The number of halogens is 2. The lowest BCUT2D eigenvalue weighted by Crippen LogP contribution is -2.04. The number of fused-ring (bicyclic) bond motifs is 1. The maximum atomic E-state index is 6.22. The van der Waals surface area contributed by atoms with Gasteiger partial charge in [-0.25, -0.2) is 4.98 Å². The van der Waals surface area contributed by atoms with Crippen LogP contribution in [-0.4, -0.2) is 9.55 Å². The first-order valence-corrected chi connectivity index (χ1v) is 7.24. The Morgan fingerprint density at radius 1 is 1.33 bits per heavy atom. The number of rotatable bonds is 5. The molecular weight excluding hydrogens is 267 g/mol. The van der Waals surface area contributed by atoms with Gasteiger partial charge in [-0.3, -0.25) is 0 Å². The lowest BCUT2D eigenvalue weighted by molar-refractivity contribution is 0.591. The van der Waals surface area contributed by atoms with Crippen molar-refractivity contribution < 1.29 is 0 Å². The number of hydrogen-bond acceptors (Lipinski definition) is 1. The van der Waals surface area contributed by atoms with Crippen LogP contribution in [0.3, 0.4) is 0 Å². The topological polar surface area (TPSA) is 17.8 Å². The predicted molar refractivity (Wildman–Crippen MR) is 78.5 cm³/mol. The Kier molecular flexibility index (Phi) is 4.52. The van der Waals surface area contributed by atoms with Crippen molar-refractivity contribution in [1.29, 1.82) is 0 Å². The minimum atomic E-state index is -0.0854. The second-order valence-electron chi connectivity index (χ2n) is 4.58. The normalized spacial score (nSPS) is 13.1. The zero-order chi connectivity index (χ0) is 13.1. The van der Waals surface area contributed by atoms with Gasteiger partial charge in [0.2, 0.25) is 0 Å². The highest BCUT2D eigenvalue weighted by atomic mass is 35.5. The van der Waals surface area contributed by atoms with Crippen LogP contribution in [0.25, 0.3) is 11.0 Å². The summed E-state index contributed by atoms with van der Waals surface area (Å²) in [5, 5.41) is 0.658.